The second kappa shape index (κ2) is 19.4. The van der Waals surface area contributed by atoms with Gasteiger partial charge in [-0.25, -0.2) is 23.5 Å². The van der Waals surface area contributed by atoms with Crippen molar-refractivity contribution >= 4 is 40.3 Å². The van der Waals surface area contributed by atoms with Crippen LogP contribution in [-0.4, -0.2) is 115 Å². The highest BCUT2D eigenvalue weighted by atomic mass is 19.3. The van der Waals surface area contributed by atoms with E-state index < -0.39 is 30.0 Å². The molecular formula is C46H57F2N11O6. The Kier molecular flexibility index (Phi) is 13.2. The molecule has 0 spiro atoms. The van der Waals surface area contributed by atoms with Crippen molar-refractivity contribution < 1.29 is 32.3 Å². The third kappa shape index (κ3) is 10.4. The van der Waals surface area contributed by atoms with Gasteiger partial charge < -0.3 is 24.7 Å². The number of nitrogens with one attached hydrogen (secondary N) is 3. The number of carbonyl (C=O) groups is 3. The molecule has 6 heterocycles. The zero-order chi connectivity index (χ0) is 45.2. The fourth-order valence-corrected chi connectivity index (χ4v) is 9.63. The number of carbonyl (C=O) groups excluding carboxylic acids is 3. The second-order valence-electron chi connectivity index (χ2n) is 18.2. The Balaban J connectivity index is 0.720. The number of alkyl halides is 2. The lowest BCUT2D eigenvalue weighted by molar-refractivity contribution is -0.135. The van der Waals surface area contributed by atoms with Crippen LogP contribution in [0.3, 0.4) is 0 Å². The van der Waals surface area contributed by atoms with E-state index in [0.717, 1.165) is 88.9 Å². The number of benzene rings is 1. The molecule has 2 saturated carbocycles. The highest BCUT2D eigenvalue weighted by Crippen LogP contribution is 2.36. The summed E-state index contributed by atoms with van der Waals surface area (Å²) in [6.07, 6.45) is 9.71. The van der Waals surface area contributed by atoms with Crippen LogP contribution in [0.15, 0.2) is 58.2 Å². The van der Waals surface area contributed by atoms with Crippen LogP contribution in [0.1, 0.15) is 98.0 Å². The number of likely N-dealkylation sites (N-methyl/N-ethyl adjacent to an activating group) is 1. The number of hydrogen-bond acceptors (Lipinski definition) is 12. The van der Waals surface area contributed by atoms with Crippen LogP contribution < -0.4 is 21.6 Å². The molecule has 1 unspecified atom stereocenters. The average molecular weight is 898 g/mol. The van der Waals surface area contributed by atoms with Gasteiger partial charge in [0, 0.05) is 64.1 Å². The van der Waals surface area contributed by atoms with E-state index in [2.05, 4.69) is 47.9 Å². The van der Waals surface area contributed by atoms with Gasteiger partial charge in [-0.1, -0.05) is 6.07 Å². The molecule has 1 aromatic carbocycles. The number of nitrogens with zero attached hydrogens (tertiary/aromatic N) is 8. The zero-order valence-electron chi connectivity index (χ0n) is 36.9. The van der Waals surface area contributed by atoms with Gasteiger partial charge in [0.2, 0.25) is 17.7 Å². The number of hydrogen-bond donors (Lipinski definition) is 3. The van der Waals surface area contributed by atoms with Crippen molar-refractivity contribution in [2.45, 2.75) is 88.8 Å². The van der Waals surface area contributed by atoms with Gasteiger partial charge >= 0.3 is 5.69 Å². The number of imidazole rings is 1. The van der Waals surface area contributed by atoms with E-state index in [9.17, 15) is 28.0 Å². The molecular weight excluding hydrogens is 841 g/mol. The molecule has 19 heteroatoms. The minimum atomic E-state index is -2.87. The first kappa shape index (κ1) is 44.4. The van der Waals surface area contributed by atoms with Crippen molar-refractivity contribution in [3.05, 3.63) is 76.4 Å². The van der Waals surface area contributed by atoms with Crippen LogP contribution in [0.4, 0.5) is 20.3 Å². The highest BCUT2D eigenvalue weighted by Gasteiger charge is 2.32. The molecule has 2 saturated heterocycles. The minimum Gasteiger partial charge on any atom is -0.444 e. The van der Waals surface area contributed by atoms with Gasteiger partial charge in [-0.3, -0.25) is 38.4 Å². The summed E-state index contributed by atoms with van der Waals surface area (Å²) in [6.45, 7) is 5.85. The van der Waals surface area contributed by atoms with Crippen LogP contribution in [0.2, 0.25) is 0 Å². The minimum absolute atomic E-state index is 0.0309. The number of ether oxygens (including phenoxy) is 1. The van der Waals surface area contributed by atoms with Crippen molar-refractivity contribution in [3.8, 4) is 11.5 Å². The third-order valence-corrected chi connectivity index (χ3v) is 13.3. The third-order valence-electron chi connectivity index (χ3n) is 13.3. The topological polar surface area (TPSA) is 187 Å². The molecule has 0 bridgehead atoms. The molecule has 2 aliphatic heterocycles. The first-order valence-corrected chi connectivity index (χ1v) is 22.9. The highest BCUT2D eigenvalue weighted by molar-refractivity contribution is 6.03. The largest absolute Gasteiger partial charge is 0.444 e. The Morgan fingerprint density at radius 1 is 1.02 bits per heavy atom. The number of rotatable bonds is 17. The Morgan fingerprint density at radius 3 is 2.62 bits per heavy atom. The summed E-state index contributed by atoms with van der Waals surface area (Å²) in [5.74, 6) is 0.621. The van der Waals surface area contributed by atoms with E-state index in [-0.39, 0.29) is 47.4 Å². The van der Waals surface area contributed by atoms with E-state index in [1.54, 1.807) is 34.6 Å². The van der Waals surface area contributed by atoms with Gasteiger partial charge in [0.25, 0.3) is 12.3 Å². The number of anilines is 2. The van der Waals surface area contributed by atoms with E-state index in [1.165, 1.54) is 29.9 Å². The van der Waals surface area contributed by atoms with Crippen molar-refractivity contribution in [3.63, 3.8) is 0 Å². The summed E-state index contributed by atoms with van der Waals surface area (Å²) in [6, 6.07) is 8.73. The summed E-state index contributed by atoms with van der Waals surface area (Å²) in [7, 11) is 3.84. The van der Waals surface area contributed by atoms with E-state index in [4.69, 9.17) is 9.15 Å². The first-order valence-electron chi connectivity index (χ1n) is 22.9. The van der Waals surface area contributed by atoms with E-state index in [1.807, 2.05) is 18.2 Å². The number of morpholine rings is 1. The molecule has 3 amide bonds. The van der Waals surface area contributed by atoms with Crippen molar-refractivity contribution in [1.82, 2.24) is 44.0 Å². The number of amides is 3. The van der Waals surface area contributed by atoms with Crippen LogP contribution >= 0.6 is 0 Å². The zero-order valence-corrected chi connectivity index (χ0v) is 36.9. The fourth-order valence-electron chi connectivity index (χ4n) is 9.63. The lowest BCUT2D eigenvalue weighted by atomic mass is 9.86. The molecule has 4 aromatic heterocycles. The number of aryl methyl sites for hydroxylation is 2. The predicted molar refractivity (Wildman–Crippen MR) is 238 cm³/mol. The Labute approximate surface area is 374 Å². The predicted octanol–water partition coefficient (Wildman–Crippen LogP) is 5.57. The maximum Gasteiger partial charge on any atom is 0.329 e. The SMILES string of the molecule is CN(CC1CCC(n2cc(NC(=O)c3coc(-c4ccnc(NCC5CC5)c4)n3)c(C(F)F)n2)CC1)C[C@@H]1CN(CCCc2ccc3c(c2)n(C)c(=O)n3C2CCC(=O)NC2=O)CCO1. The van der Waals surface area contributed by atoms with Crippen LogP contribution in [0, 0.1) is 11.8 Å². The number of halogens is 2. The second-order valence-corrected chi connectivity index (χ2v) is 18.2. The number of piperidine rings is 1. The lowest BCUT2D eigenvalue weighted by Gasteiger charge is -2.36. The van der Waals surface area contributed by atoms with Crippen LogP contribution in [0.25, 0.3) is 22.5 Å². The summed E-state index contributed by atoms with van der Waals surface area (Å²) >= 11 is 0. The number of fused-ring (bicyclic) bond motifs is 1. The lowest BCUT2D eigenvalue weighted by Crippen LogP contribution is -2.47. The quantitative estimate of drug-likeness (QED) is 0.0987. The summed E-state index contributed by atoms with van der Waals surface area (Å²) in [5.41, 5.74) is 2.40. The molecule has 3 N–H and O–H groups in total. The number of imide groups is 1. The van der Waals surface area contributed by atoms with Crippen LogP contribution in [-0.2, 0) is 27.8 Å². The molecule has 346 valence electrons. The monoisotopic (exact) mass is 897 g/mol. The first-order chi connectivity index (χ1) is 31.4. The molecule has 2 atom stereocenters. The van der Waals surface area contributed by atoms with Crippen molar-refractivity contribution in [2.24, 2.45) is 18.9 Å². The molecule has 0 radical (unpaired) electrons. The smallest absolute Gasteiger partial charge is 0.329 e. The maximum absolute atomic E-state index is 14.2. The van der Waals surface area contributed by atoms with Crippen molar-refractivity contribution in [2.75, 3.05) is 63.6 Å². The standard InChI is InChI=1S/C46H57F2N11O6/c1-55(24-33-25-57(18-19-64-33)17-3-4-28-9-12-36-38(20-28)56(2)46(63)59(36)37-13-14-40(60)53-44(37)62)23-30-7-10-32(11-8-30)58-26-34(41(54-58)42(47)48)51-43(61)35-27-65-45(52-35)31-15-16-49-39(21-31)50-22-29-5-6-29/h9,12,15-16,20-21,26-27,29-30,32-33,37,42H,3-8,10-11,13-14,17-19,22-25H2,1-2H3,(H,49,50)(H,51,61)(H,53,60,62)/t30?,32?,33-,37?/m1/s1. The van der Waals surface area contributed by atoms with E-state index in [0.29, 0.717) is 41.8 Å². The molecule has 17 nitrogen and oxygen atoms in total. The summed E-state index contributed by atoms with van der Waals surface area (Å²) in [4.78, 5) is 64.1. The van der Waals surface area contributed by atoms with Gasteiger partial charge in [0.15, 0.2) is 11.4 Å². The molecule has 5 aromatic rings. The van der Waals surface area contributed by atoms with E-state index >= 15 is 0 Å². The Morgan fingerprint density at radius 2 is 1.83 bits per heavy atom. The molecule has 65 heavy (non-hydrogen) atoms. The van der Waals surface area contributed by atoms with Gasteiger partial charge in [-0.2, -0.15) is 5.10 Å². The number of pyridine rings is 1. The van der Waals surface area contributed by atoms with Crippen molar-refractivity contribution in [1.29, 1.82) is 0 Å². The van der Waals surface area contributed by atoms with Gasteiger partial charge in [0.05, 0.1) is 35.5 Å². The summed E-state index contributed by atoms with van der Waals surface area (Å²) < 4.78 is 44.9. The maximum atomic E-state index is 14.2. The van der Waals surface area contributed by atoms with Gasteiger partial charge in [-0.05, 0) is 113 Å². The Hall–Kier alpha value is -5.79. The van der Waals surface area contributed by atoms with Gasteiger partial charge in [-0.15, -0.1) is 0 Å². The molecule has 2 aliphatic carbocycles. The van der Waals surface area contributed by atoms with Gasteiger partial charge in [0.1, 0.15) is 18.1 Å². The molecule has 4 aliphatic rings. The Bertz CT molecular complexity index is 2570. The van der Waals surface area contributed by atoms with Crippen LogP contribution in [0.5, 0.6) is 0 Å². The number of oxazole rings is 1. The normalized spacial score (nSPS) is 21.9. The molecule has 9 rings (SSSR count). The average Bonchev–Trinajstić information content (AvgIpc) is 3.71. The summed E-state index contributed by atoms with van der Waals surface area (Å²) in [5, 5.41) is 12.5. The fraction of sp³-hybridized carbons (Fsp3) is 0.543. The molecule has 4 fully saturated rings. The number of aromatic nitrogens is 6.